The topological polar surface area (TPSA) is 59.2 Å². The van der Waals surface area contributed by atoms with Crippen LogP contribution in [0.4, 0.5) is 0 Å². The van der Waals surface area contributed by atoms with Crippen LogP contribution in [0.5, 0.6) is 0 Å². The van der Waals surface area contributed by atoms with Crippen LogP contribution in [0.3, 0.4) is 0 Å². The van der Waals surface area contributed by atoms with Crippen LogP contribution >= 0.6 is 22.6 Å². The summed E-state index contributed by atoms with van der Waals surface area (Å²) in [5, 5.41) is 0. The van der Waals surface area contributed by atoms with Gasteiger partial charge in [-0.3, -0.25) is 4.79 Å². The molecule has 0 bridgehead atoms. The molecule has 1 N–H and O–H groups in total. The van der Waals surface area contributed by atoms with Crippen molar-refractivity contribution in [3.63, 3.8) is 0 Å². The summed E-state index contributed by atoms with van der Waals surface area (Å²) < 4.78 is 5.38. The van der Waals surface area contributed by atoms with Crippen molar-refractivity contribution in [1.82, 2.24) is 4.98 Å². The number of nitrogens with one attached hydrogen (secondary N) is 1. The Morgan fingerprint density at radius 2 is 2.31 bits per heavy atom. The van der Waals surface area contributed by atoms with Gasteiger partial charge in [-0.1, -0.05) is 0 Å². The van der Waals surface area contributed by atoms with Crippen LogP contribution in [0.1, 0.15) is 17.3 Å². The van der Waals surface area contributed by atoms with Gasteiger partial charge in [0, 0.05) is 0 Å². The molecule has 0 atom stereocenters. The Hall–Kier alpha value is -0.850. The number of pyridine rings is 1. The molecular weight excluding hydrogens is 285 g/mol. The molecule has 1 aromatic rings. The number of H-pyrrole nitrogens is 1. The van der Waals surface area contributed by atoms with E-state index in [4.69, 9.17) is 0 Å². The Labute approximate surface area is 88.4 Å². The van der Waals surface area contributed by atoms with E-state index in [9.17, 15) is 9.59 Å². The molecule has 0 aromatic carbocycles. The van der Waals surface area contributed by atoms with Gasteiger partial charge >= 0.3 is 5.97 Å². The summed E-state index contributed by atoms with van der Waals surface area (Å²) in [5.41, 5.74) is -0.368. The first-order valence-corrected chi connectivity index (χ1v) is 4.79. The van der Waals surface area contributed by atoms with Crippen LogP contribution in [0, 0.1) is 3.70 Å². The fourth-order valence-electron chi connectivity index (χ4n) is 0.819. The number of esters is 1. The highest BCUT2D eigenvalue weighted by atomic mass is 127. The first kappa shape index (κ1) is 10.2. The fourth-order valence-corrected chi connectivity index (χ4v) is 1.24. The predicted molar refractivity (Wildman–Crippen MR) is 55.7 cm³/mol. The van der Waals surface area contributed by atoms with E-state index in [1.165, 1.54) is 6.07 Å². The van der Waals surface area contributed by atoms with E-state index in [1.807, 2.05) is 22.6 Å². The Bertz CT molecular complexity index is 372. The molecule has 1 rings (SSSR count). The molecule has 0 radical (unpaired) electrons. The molecule has 0 aliphatic heterocycles. The monoisotopic (exact) mass is 293 g/mol. The summed E-state index contributed by atoms with van der Waals surface area (Å²) in [5.74, 6) is -0.583. The van der Waals surface area contributed by atoms with Crippen molar-refractivity contribution in [2.45, 2.75) is 6.92 Å². The number of halogens is 1. The minimum absolute atomic E-state index is 0.0438. The van der Waals surface area contributed by atoms with Gasteiger partial charge in [-0.05, 0) is 41.6 Å². The van der Waals surface area contributed by atoms with Crippen LogP contribution < -0.4 is 5.56 Å². The van der Waals surface area contributed by atoms with E-state index < -0.39 is 11.5 Å². The summed E-state index contributed by atoms with van der Waals surface area (Å²) in [6, 6.07) is 3.10. The second-order valence-corrected chi connectivity index (χ2v) is 3.43. The lowest BCUT2D eigenvalue weighted by molar-refractivity contribution is 0.0524. The number of aromatic nitrogens is 1. The molecule has 5 heteroatoms. The lowest BCUT2D eigenvalue weighted by Gasteiger charge is -1.99. The summed E-state index contributed by atoms with van der Waals surface area (Å²) in [4.78, 5) is 24.8. The highest BCUT2D eigenvalue weighted by Gasteiger charge is 2.10. The van der Waals surface area contributed by atoms with Gasteiger partial charge in [0.1, 0.15) is 5.56 Å². The zero-order valence-corrected chi connectivity index (χ0v) is 9.12. The Morgan fingerprint density at radius 1 is 1.62 bits per heavy atom. The average molecular weight is 293 g/mol. The molecule has 1 aromatic heterocycles. The number of carbonyl (C=O) groups excluding carboxylic acids is 1. The van der Waals surface area contributed by atoms with Gasteiger partial charge in [0.2, 0.25) is 0 Å². The van der Waals surface area contributed by atoms with Crippen LogP contribution in [0.2, 0.25) is 0 Å². The molecule has 0 unspecified atom stereocenters. The normalized spacial score (nSPS) is 9.69. The maximum atomic E-state index is 11.2. The molecule has 0 spiro atoms. The third kappa shape index (κ3) is 2.55. The lowest BCUT2D eigenvalue weighted by atomic mass is 10.3. The third-order valence-electron chi connectivity index (χ3n) is 1.37. The van der Waals surface area contributed by atoms with Gasteiger partial charge in [0.05, 0.1) is 10.3 Å². The van der Waals surface area contributed by atoms with E-state index in [0.717, 1.165) is 0 Å². The molecule has 0 amide bonds. The van der Waals surface area contributed by atoms with Crippen molar-refractivity contribution in [3.8, 4) is 0 Å². The van der Waals surface area contributed by atoms with Crippen molar-refractivity contribution in [1.29, 1.82) is 0 Å². The lowest BCUT2D eigenvalue weighted by Crippen LogP contribution is -2.19. The third-order valence-corrected chi connectivity index (χ3v) is 2.00. The molecule has 0 saturated heterocycles. The van der Waals surface area contributed by atoms with Crippen LogP contribution in [0.15, 0.2) is 16.9 Å². The van der Waals surface area contributed by atoms with E-state index >= 15 is 0 Å². The van der Waals surface area contributed by atoms with E-state index in [0.29, 0.717) is 3.70 Å². The number of hydrogen-bond donors (Lipinski definition) is 1. The van der Waals surface area contributed by atoms with Crippen LogP contribution in [-0.2, 0) is 4.74 Å². The molecule has 70 valence electrons. The second kappa shape index (κ2) is 4.40. The summed E-state index contributed by atoms with van der Waals surface area (Å²) in [6.07, 6.45) is 0. The first-order chi connectivity index (χ1) is 6.15. The van der Waals surface area contributed by atoms with Crippen molar-refractivity contribution in [3.05, 3.63) is 31.8 Å². The number of hydrogen-bond acceptors (Lipinski definition) is 3. The zero-order chi connectivity index (χ0) is 9.84. The first-order valence-electron chi connectivity index (χ1n) is 3.71. The molecule has 0 aliphatic carbocycles. The van der Waals surface area contributed by atoms with Gasteiger partial charge in [-0.15, -0.1) is 0 Å². The van der Waals surface area contributed by atoms with Crippen LogP contribution in [-0.4, -0.2) is 17.6 Å². The number of rotatable bonds is 2. The van der Waals surface area contributed by atoms with E-state index in [-0.39, 0.29) is 12.2 Å². The van der Waals surface area contributed by atoms with Crippen LogP contribution in [0.25, 0.3) is 0 Å². The minimum Gasteiger partial charge on any atom is -0.462 e. The van der Waals surface area contributed by atoms with Gasteiger partial charge in [0.25, 0.3) is 5.56 Å². The quantitative estimate of drug-likeness (QED) is 0.505. The number of ether oxygens (including phenoxy) is 1. The Morgan fingerprint density at radius 3 is 2.85 bits per heavy atom. The predicted octanol–water partition coefficient (Wildman–Crippen LogP) is 1.16. The molecule has 13 heavy (non-hydrogen) atoms. The van der Waals surface area contributed by atoms with Crippen molar-refractivity contribution in [2.75, 3.05) is 6.61 Å². The van der Waals surface area contributed by atoms with Crippen molar-refractivity contribution in [2.24, 2.45) is 0 Å². The largest absolute Gasteiger partial charge is 0.462 e. The molecule has 1 heterocycles. The van der Waals surface area contributed by atoms with E-state index in [1.54, 1.807) is 13.0 Å². The maximum absolute atomic E-state index is 11.2. The second-order valence-electron chi connectivity index (χ2n) is 2.27. The minimum atomic E-state index is -0.583. The fraction of sp³-hybridized carbons (Fsp3) is 0.250. The van der Waals surface area contributed by atoms with Gasteiger partial charge < -0.3 is 9.72 Å². The molecule has 0 saturated carbocycles. The SMILES string of the molecule is CCOC(=O)c1ccc(I)[nH]c1=O. The van der Waals surface area contributed by atoms with Gasteiger partial charge in [-0.25, -0.2) is 4.79 Å². The zero-order valence-electron chi connectivity index (χ0n) is 6.96. The molecule has 0 aliphatic rings. The standard InChI is InChI=1S/C8H8INO3/c1-2-13-8(12)5-3-4-6(9)10-7(5)11/h3-4H,2H2,1H3,(H,10,11). The van der Waals surface area contributed by atoms with Crippen molar-refractivity contribution >= 4 is 28.6 Å². The highest BCUT2D eigenvalue weighted by Crippen LogP contribution is 1.99. The molecule has 0 fully saturated rings. The summed E-state index contributed by atoms with van der Waals surface area (Å²) in [6.45, 7) is 1.96. The number of carbonyl (C=O) groups is 1. The molecular formula is C8H8INO3. The summed E-state index contributed by atoms with van der Waals surface area (Å²) in [7, 11) is 0. The van der Waals surface area contributed by atoms with Gasteiger partial charge in [-0.2, -0.15) is 0 Å². The Kier molecular flexibility index (Phi) is 3.47. The van der Waals surface area contributed by atoms with Crippen molar-refractivity contribution < 1.29 is 9.53 Å². The molecule has 4 nitrogen and oxygen atoms in total. The number of aromatic amines is 1. The van der Waals surface area contributed by atoms with Gasteiger partial charge in [0.15, 0.2) is 0 Å². The average Bonchev–Trinajstić information content (AvgIpc) is 2.04. The highest BCUT2D eigenvalue weighted by molar-refractivity contribution is 14.1. The Balaban J connectivity index is 3.02. The summed E-state index contributed by atoms with van der Waals surface area (Å²) >= 11 is 1.96. The van der Waals surface area contributed by atoms with E-state index in [2.05, 4.69) is 9.72 Å². The maximum Gasteiger partial charge on any atom is 0.343 e. The smallest absolute Gasteiger partial charge is 0.343 e.